The van der Waals surface area contributed by atoms with Crippen LogP contribution in [-0.4, -0.2) is 28.9 Å². The second-order valence-corrected chi connectivity index (χ2v) is 5.25. The molecule has 15 heavy (non-hydrogen) atoms. The van der Waals surface area contributed by atoms with E-state index < -0.39 is 0 Å². The molecule has 4 nitrogen and oxygen atoms in total. The number of nitrogens with two attached hydrogens (primary N) is 1. The van der Waals surface area contributed by atoms with Gasteiger partial charge in [0.1, 0.15) is 4.88 Å². The Morgan fingerprint density at radius 3 is 3.00 bits per heavy atom. The van der Waals surface area contributed by atoms with E-state index in [-0.39, 0.29) is 5.91 Å². The Balaban J connectivity index is 2.21. The lowest BCUT2D eigenvalue weighted by Crippen LogP contribution is -2.39. The first-order valence-corrected chi connectivity index (χ1v) is 5.94. The molecular weight excluding hydrogens is 210 g/mol. The predicted molar refractivity (Wildman–Crippen MR) is 61.0 cm³/mol. The molecule has 0 fully saturated rings. The number of amides is 1. The normalized spacial score (nSPS) is 15.9. The molecule has 1 aliphatic rings. The van der Waals surface area contributed by atoms with Crippen LogP contribution in [0.15, 0.2) is 0 Å². The summed E-state index contributed by atoms with van der Waals surface area (Å²) in [6, 6.07) is 0. The van der Waals surface area contributed by atoms with E-state index in [9.17, 15) is 4.79 Å². The highest BCUT2D eigenvalue weighted by Gasteiger charge is 2.27. The maximum Gasteiger partial charge on any atom is 0.265 e. The van der Waals surface area contributed by atoms with Gasteiger partial charge in [0, 0.05) is 19.5 Å². The average Bonchev–Trinajstić information content (AvgIpc) is 2.51. The Morgan fingerprint density at radius 1 is 1.60 bits per heavy atom. The second-order valence-electron chi connectivity index (χ2n) is 4.22. The van der Waals surface area contributed by atoms with Gasteiger partial charge in [-0.3, -0.25) is 4.79 Å². The van der Waals surface area contributed by atoms with Gasteiger partial charge in [-0.1, -0.05) is 25.2 Å². The Labute approximate surface area is 93.1 Å². The number of rotatable bonds is 2. The number of nitrogen functional groups attached to an aromatic ring is 1. The van der Waals surface area contributed by atoms with E-state index >= 15 is 0 Å². The zero-order valence-corrected chi connectivity index (χ0v) is 9.80. The molecular formula is C10H15N3OS. The van der Waals surface area contributed by atoms with Crippen LogP contribution in [0, 0.1) is 5.92 Å². The minimum Gasteiger partial charge on any atom is -0.375 e. The van der Waals surface area contributed by atoms with Crippen LogP contribution in [0.25, 0.3) is 0 Å². The third-order valence-corrected chi connectivity index (χ3v) is 3.31. The van der Waals surface area contributed by atoms with Crippen molar-refractivity contribution in [2.75, 3.05) is 18.8 Å². The first-order valence-electron chi connectivity index (χ1n) is 5.12. The summed E-state index contributed by atoms with van der Waals surface area (Å²) >= 11 is 1.30. The largest absolute Gasteiger partial charge is 0.375 e. The molecule has 82 valence electrons. The number of anilines is 1. The maximum atomic E-state index is 12.0. The summed E-state index contributed by atoms with van der Waals surface area (Å²) in [5.74, 6) is 0.597. The van der Waals surface area contributed by atoms with Crippen molar-refractivity contribution in [3.05, 3.63) is 10.6 Å². The van der Waals surface area contributed by atoms with Crippen LogP contribution in [0.2, 0.25) is 0 Å². The van der Waals surface area contributed by atoms with Crippen LogP contribution in [0.3, 0.4) is 0 Å². The number of thiazole rings is 1. The lowest BCUT2D eigenvalue weighted by atomic mass is 10.1. The number of carbonyl (C=O) groups is 1. The number of nitrogens with zero attached hydrogens (tertiary/aromatic N) is 2. The molecule has 2 rings (SSSR count). The van der Waals surface area contributed by atoms with E-state index in [0.29, 0.717) is 11.0 Å². The summed E-state index contributed by atoms with van der Waals surface area (Å²) < 4.78 is 0. The number of aromatic nitrogens is 1. The molecule has 0 unspecified atom stereocenters. The van der Waals surface area contributed by atoms with Gasteiger partial charge >= 0.3 is 0 Å². The van der Waals surface area contributed by atoms with Crippen LogP contribution in [-0.2, 0) is 6.42 Å². The summed E-state index contributed by atoms with van der Waals surface area (Å²) in [6.45, 7) is 5.82. The topological polar surface area (TPSA) is 59.2 Å². The molecule has 1 aliphatic heterocycles. The van der Waals surface area contributed by atoms with Crippen LogP contribution in [0.1, 0.15) is 29.2 Å². The van der Waals surface area contributed by atoms with Crippen molar-refractivity contribution >= 4 is 22.4 Å². The Morgan fingerprint density at radius 2 is 2.33 bits per heavy atom. The van der Waals surface area contributed by atoms with Crippen molar-refractivity contribution in [2.45, 2.75) is 20.3 Å². The zero-order chi connectivity index (χ0) is 11.0. The molecule has 0 aromatic carbocycles. The lowest BCUT2D eigenvalue weighted by Gasteiger charge is -2.27. The van der Waals surface area contributed by atoms with Gasteiger partial charge in [-0.2, -0.15) is 0 Å². The quantitative estimate of drug-likeness (QED) is 0.827. The number of fused-ring (bicyclic) bond motifs is 1. The monoisotopic (exact) mass is 225 g/mol. The van der Waals surface area contributed by atoms with Gasteiger partial charge < -0.3 is 10.6 Å². The molecule has 0 saturated carbocycles. The van der Waals surface area contributed by atoms with Crippen LogP contribution < -0.4 is 5.73 Å². The summed E-state index contributed by atoms with van der Waals surface area (Å²) in [6.07, 6.45) is 0.835. The first kappa shape index (κ1) is 10.4. The fraction of sp³-hybridized carbons (Fsp3) is 0.600. The predicted octanol–water partition coefficient (Wildman–Crippen LogP) is 1.38. The molecule has 2 N–H and O–H groups in total. The van der Waals surface area contributed by atoms with Gasteiger partial charge in [0.15, 0.2) is 5.13 Å². The maximum absolute atomic E-state index is 12.0. The smallest absolute Gasteiger partial charge is 0.265 e. The average molecular weight is 225 g/mol. The van der Waals surface area contributed by atoms with E-state index in [1.54, 1.807) is 0 Å². The minimum absolute atomic E-state index is 0.0964. The SMILES string of the molecule is CC(C)CN1CCc2nc(N)sc2C1=O. The minimum atomic E-state index is 0.0964. The molecule has 0 radical (unpaired) electrons. The summed E-state index contributed by atoms with van der Waals surface area (Å²) in [7, 11) is 0. The molecule has 0 bridgehead atoms. The van der Waals surface area contributed by atoms with E-state index in [4.69, 9.17) is 5.73 Å². The highest BCUT2D eigenvalue weighted by Crippen LogP contribution is 2.26. The first-order chi connectivity index (χ1) is 7.08. The molecule has 0 atom stereocenters. The van der Waals surface area contributed by atoms with Gasteiger partial charge in [0.25, 0.3) is 5.91 Å². The Kier molecular flexibility index (Phi) is 2.65. The van der Waals surface area contributed by atoms with Crippen molar-refractivity contribution in [2.24, 2.45) is 5.92 Å². The van der Waals surface area contributed by atoms with E-state index in [0.717, 1.165) is 30.1 Å². The highest BCUT2D eigenvalue weighted by molar-refractivity contribution is 7.17. The van der Waals surface area contributed by atoms with Crippen LogP contribution in [0.5, 0.6) is 0 Å². The Hall–Kier alpha value is -1.10. The molecule has 5 heteroatoms. The number of hydrogen-bond donors (Lipinski definition) is 1. The molecule has 0 aliphatic carbocycles. The summed E-state index contributed by atoms with van der Waals surface area (Å²) in [5.41, 5.74) is 6.48. The van der Waals surface area contributed by atoms with Gasteiger partial charge in [-0.15, -0.1) is 0 Å². The van der Waals surface area contributed by atoms with Crippen molar-refractivity contribution in [3.8, 4) is 0 Å². The molecule has 1 aromatic heterocycles. The fourth-order valence-corrected chi connectivity index (χ4v) is 2.65. The van der Waals surface area contributed by atoms with Crippen molar-refractivity contribution in [3.63, 3.8) is 0 Å². The third-order valence-electron chi connectivity index (χ3n) is 2.40. The van der Waals surface area contributed by atoms with Crippen molar-refractivity contribution in [1.29, 1.82) is 0 Å². The standard InChI is InChI=1S/C10H15N3OS/c1-6(2)5-13-4-3-7-8(9(13)14)15-10(11)12-7/h6H,3-5H2,1-2H3,(H2,11,12). The fourth-order valence-electron chi connectivity index (χ4n) is 1.81. The van der Waals surface area contributed by atoms with Gasteiger partial charge in [-0.25, -0.2) is 4.98 Å². The van der Waals surface area contributed by atoms with Gasteiger partial charge in [-0.05, 0) is 5.92 Å². The van der Waals surface area contributed by atoms with E-state index in [1.165, 1.54) is 11.3 Å². The van der Waals surface area contributed by atoms with Gasteiger partial charge in [0.05, 0.1) is 5.69 Å². The Bertz CT molecular complexity index is 386. The highest BCUT2D eigenvalue weighted by atomic mass is 32.1. The number of carbonyl (C=O) groups excluding carboxylic acids is 1. The molecule has 2 heterocycles. The van der Waals surface area contributed by atoms with E-state index in [1.807, 2.05) is 4.90 Å². The second kappa shape index (κ2) is 3.81. The third kappa shape index (κ3) is 1.97. The van der Waals surface area contributed by atoms with Crippen LogP contribution >= 0.6 is 11.3 Å². The zero-order valence-electron chi connectivity index (χ0n) is 8.99. The van der Waals surface area contributed by atoms with Crippen LogP contribution in [0.4, 0.5) is 5.13 Å². The van der Waals surface area contributed by atoms with E-state index in [2.05, 4.69) is 18.8 Å². The van der Waals surface area contributed by atoms with Crippen molar-refractivity contribution < 1.29 is 4.79 Å². The van der Waals surface area contributed by atoms with Crippen molar-refractivity contribution in [1.82, 2.24) is 9.88 Å². The number of hydrogen-bond acceptors (Lipinski definition) is 4. The summed E-state index contributed by atoms with van der Waals surface area (Å²) in [5, 5.41) is 0.500. The molecule has 0 spiro atoms. The molecule has 1 amide bonds. The molecule has 1 aromatic rings. The molecule has 0 saturated heterocycles. The lowest BCUT2D eigenvalue weighted by molar-refractivity contribution is 0.0724. The van der Waals surface area contributed by atoms with Gasteiger partial charge in [0.2, 0.25) is 0 Å². The summed E-state index contributed by atoms with van der Waals surface area (Å²) in [4.78, 5) is 18.8.